The fourth-order valence-electron chi connectivity index (χ4n) is 2.52. The molecule has 2 rings (SSSR count). The zero-order chi connectivity index (χ0) is 15.8. The average Bonchev–Trinajstić information content (AvgIpc) is 2.44. The maximum Gasteiger partial charge on any atom is 0.243 e. The molecule has 1 aromatic rings. The van der Waals surface area contributed by atoms with Gasteiger partial charge in [-0.2, -0.15) is 4.31 Å². The zero-order valence-electron chi connectivity index (χ0n) is 13.6. The fourth-order valence-corrected chi connectivity index (χ4v) is 4.09. The third kappa shape index (κ3) is 3.24. The minimum atomic E-state index is -3.46. The van der Waals surface area contributed by atoms with Crippen LogP contribution in [0.2, 0.25) is 0 Å². The topological polar surface area (TPSA) is 49.4 Å². The van der Waals surface area contributed by atoms with Gasteiger partial charge in [-0.05, 0) is 42.9 Å². The molecular formula is C16H26N2O2S. The van der Waals surface area contributed by atoms with Crippen LogP contribution in [-0.4, -0.2) is 32.4 Å². The van der Waals surface area contributed by atoms with E-state index in [1.807, 2.05) is 13.0 Å². The summed E-state index contributed by atoms with van der Waals surface area (Å²) in [6.45, 7) is 9.02. The van der Waals surface area contributed by atoms with Gasteiger partial charge in [-0.15, -0.1) is 0 Å². The Morgan fingerprint density at radius 3 is 2.57 bits per heavy atom. The third-order valence-electron chi connectivity index (χ3n) is 4.50. The quantitative estimate of drug-likeness (QED) is 0.933. The van der Waals surface area contributed by atoms with Crippen molar-refractivity contribution in [1.82, 2.24) is 4.31 Å². The van der Waals surface area contributed by atoms with E-state index in [0.29, 0.717) is 4.90 Å². The van der Waals surface area contributed by atoms with Crippen LogP contribution in [0.1, 0.15) is 39.7 Å². The van der Waals surface area contributed by atoms with E-state index in [1.165, 1.54) is 9.87 Å². The van der Waals surface area contributed by atoms with Crippen LogP contribution in [0.4, 0.5) is 5.69 Å². The number of hydrogen-bond acceptors (Lipinski definition) is 3. The highest BCUT2D eigenvalue weighted by atomic mass is 32.2. The number of anilines is 1. The standard InChI is InChI=1S/C16H26N2O2S/c1-12(16(2,3)4)18(5)21(19,20)14-9-8-13-7-6-10-17-15(13)11-14/h8-9,11-12,17H,6-7,10H2,1-5H3. The van der Waals surface area contributed by atoms with Crippen molar-refractivity contribution in [3.63, 3.8) is 0 Å². The summed E-state index contributed by atoms with van der Waals surface area (Å²) < 4.78 is 27.1. The number of nitrogens with one attached hydrogen (secondary N) is 1. The lowest BCUT2D eigenvalue weighted by Crippen LogP contribution is -2.42. The molecule has 0 aromatic heterocycles. The second-order valence-corrected chi connectivity index (χ2v) is 8.91. The maximum absolute atomic E-state index is 12.8. The molecule has 1 unspecified atom stereocenters. The summed E-state index contributed by atoms with van der Waals surface area (Å²) >= 11 is 0. The van der Waals surface area contributed by atoms with Crippen LogP contribution < -0.4 is 5.32 Å². The van der Waals surface area contributed by atoms with E-state index in [0.717, 1.165) is 25.1 Å². The van der Waals surface area contributed by atoms with Gasteiger partial charge in [-0.1, -0.05) is 26.8 Å². The number of fused-ring (bicyclic) bond motifs is 1. The number of aryl methyl sites for hydroxylation is 1. The largest absolute Gasteiger partial charge is 0.385 e. The Hall–Kier alpha value is -1.07. The summed E-state index contributed by atoms with van der Waals surface area (Å²) in [5, 5.41) is 3.29. The van der Waals surface area contributed by atoms with Gasteiger partial charge in [-0.25, -0.2) is 8.42 Å². The van der Waals surface area contributed by atoms with Crippen LogP contribution in [0.25, 0.3) is 0 Å². The van der Waals surface area contributed by atoms with E-state index in [-0.39, 0.29) is 11.5 Å². The molecule has 1 N–H and O–H groups in total. The normalized spacial score (nSPS) is 17.2. The molecule has 1 aliphatic heterocycles. The average molecular weight is 310 g/mol. The second kappa shape index (κ2) is 5.61. The monoisotopic (exact) mass is 310 g/mol. The van der Waals surface area contributed by atoms with Crippen LogP contribution in [0.3, 0.4) is 0 Å². The number of nitrogens with zero attached hydrogens (tertiary/aromatic N) is 1. The first-order valence-corrected chi connectivity index (χ1v) is 8.93. The van der Waals surface area contributed by atoms with Gasteiger partial charge in [0.15, 0.2) is 0 Å². The van der Waals surface area contributed by atoms with Gasteiger partial charge in [0, 0.05) is 25.3 Å². The maximum atomic E-state index is 12.8. The molecule has 0 saturated heterocycles. The molecule has 1 atom stereocenters. The first-order chi connectivity index (χ1) is 9.64. The van der Waals surface area contributed by atoms with Crippen LogP contribution in [0.5, 0.6) is 0 Å². The summed E-state index contributed by atoms with van der Waals surface area (Å²) in [4.78, 5) is 0.370. The van der Waals surface area contributed by atoms with Gasteiger partial charge in [0.1, 0.15) is 0 Å². The minimum absolute atomic E-state index is 0.0773. The summed E-state index contributed by atoms with van der Waals surface area (Å²) in [6, 6.07) is 5.36. The van der Waals surface area contributed by atoms with Crippen LogP contribution >= 0.6 is 0 Å². The Kier molecular flexibility index (Phi) is 4.36. The molecule has 0 fully saturated rings. The van der Waals surface area contributed by atoms with Crippen LogP contribution in [-0.2, 0) is 16.4 Å². The highest BCUT2D eigenvalue weighted by Crippen LogP contribution is 2.30. The molecule has 0 spiro atoms. The first-order valence-electron chi connectivity index (χ1n) is 7.49. The molecule has 0 amide bonds. The van der Waals surface area contributed by atoms with E-state index < -0.39 is 10.0 Å². The van der Waals surface area contributed by atoms with Crippen molar-refractivity contribution in [2.45, 2.75) is 51.5 Å². The summed E-state index contributed by atoms with van der Waals surface area (Å²) in [6.07, 6.45) is 2.11. The van der Waals surface area contributed by atoms with Crippen molar-refractivity contribution in [3.8, 4) is 0 Å². The molecule has 21 heavy (non-hydrogen) atoms. The van der Waals surface area contributed by atoms with Gasteiger partial charge in [0.25, 0.3) is 0 Å². The predicted molar refractivity (Wildman–Crippen MR) is 87.1 cm³/mol. The van der Waals surface area contributed by atoms with E-state index in [9.17, 15) is 8.42 Å². The zero-order valence-corrected chi connectivity index (χ0v) is 14.4. The van der Waals surface area contributed by atoms with Crippen molar-refractivity contribution in [2.75, 3.05) is 18.9 Å². The first kappa shape index (κ1) is 16.3. The SMILES string of the molecule is CC(N(C)S(=O)(=O)c1ccc2c(c1)NCCC2)C(C)(C)C. The van der Waals surface area contributed by atoms with Gasteiger partial charge in [0.2, 0.25) is 10.0 Å². The number of rotatable bonds is 3. The summed E-state index contributed by atoms with van der Waals surface area (Å²) in [7, 11) is -1.80. The van der Waals surface area contributed by atoms with Gasteiger partial charge in [-0.3, -0.25) is 0 Å². The lowest BCUT2D eigenvalue weighted by atomic mass is 9.88. The molecule has 1 aromatic carbocycles. The molecule has 0 saturated carbocycles. The lowest BCUT2D eigenvalue weighted by molar-refractivity contribution is 0.216. The molecular weight excluding hydrogens is 284 g/mol. The van der Waals surface area contributed by atoms with Gasteiger partial charge < -0.3 is 5.32 Å². The summed E-state index contributed by atoms with van der Waals surface area (Å²) in [5.74, 6) is 0. The van der Waals surface area contributed by atoms with Crippen molar-refractivity contribution < 1.29 is 8.42 Å². The Balaban J connectivity index is 2.35. The Morgan fingerprint density at radius 2 is 1.95 bits per heavy atom. The molecule has 0 radical (unpaired) electrons. The van der Waals surface area contributed by atoms with Crippen molar-refractivity contribution >= 4 is 15.7 Å². The fraction of sp³-hybridized carbons (Fsp3) is 0.625. The molecule has 5 heteroatoms. The molecule has 118 valence electrons. The lowest BCUT2D eigenvalue weighted by Gasteiger charge is -2.34. The van der Waals surface area contributed by atoms with Gasteiger partial charge in [0.05, 0.1) is 4.90 Å². The third-order valence-corrected chi connectivity index (χ3v) is 6.42. The molecule has 4 nitrogen and oxygen atoms in total. The van der Waals surface area contributed by atoms with Crippen molar-refractivity contribution in [2.24, 2.45) is 5.41 Å². The van der Waals surface area contributed by atoms with Gasteiger partial charge >= 0.3 is 0 Å². The van der Waals surface area contributed by atoms with Crippen molar-refractivity contribution in [3.05, 3.63) is 23.8 Å². The minimum Gasteiger partial charge on any atom is -0.385 e. The molecule has 0 bridgehead atoms. The Labute approximate surface area is 128 Å². The Morgan fingerprint density at radius 1 is 1.29 bits per heavy atom. The predicted octanol–water partition coefficient (Wildman–Crippen LogP) is 3.10. The number of benzene rings is 1. The Bertz CT molecular complexity index is 618. The van der Waals surface area contributed by atoms with Crippen LogP contribution in [0, 0.1) is 5.41 Å². The van der Waals surface area contributed by atoms with Crippen LogP contribution in [0.15, 0.2) is 23.1 Å². The smallest absolute Gasteiger partial charge is 0.243 e. The molecule has 1 heterocycles. The highest BCUT2D eigenvalue weighted by molar-refractivity contribution is 7.89. The summed E-state index contributed by atoms with van der Waals surface area (Å²) in [5.41, 5.74) is 2.06. The number of sulfonamides is 1. The van der Waals surface area contributed by atoms with E-state index in [2.05, 4.69) is 26.1 Å². The molecule has 0 aliphatic carbocycles. The van der Waals surface area contributed by atoms with E-state index in [4.69, 9.17) is 0 Å². The van der Waals surface area contributed by atoms with Crippen molar-refractivity contribution in [1.29, 1.82) is 0 Å². The molecule has 1 aliphatic rings. The highest BCUT2D eigenvalue weighted by Gasteiger charge is 2.32. The van der Waals surface area contributed by atoms with E-state index >= 15 is 0 Å². The number of hydrogen-bond donors (Lipinski definition) is 1. The van der Waals surface area contributed by atoms with E-state index in [1.54, 1.807) is 19.2 Å². The second-order valence-electron chi connectivity index (χ2n) is 6.91.